The maximum atomic E-state index is 11.3. The standard InChI is InChI=1S/C10H16O3/c1-6-3-4-8-7(2)9(11)13-10(8,12)5-6/h6-8,12H,3-5H2,1-2H3/t6-,7-,8?,10?/m1/s1. The summed E-state index contributed by atoms with van der Waals surface area (Å²) in [4.78, 5) is 11.3. The zero-order valence-electron chi connectivity index (χ0n) is 8.12. The van der Waals surface area contributed by atoms with Crippen LogP contribution in [0.25, 0.3) is 0 Å². The van der Waals surface area contributed by atoms with Gasteiger partial charge in [-0.15, -0.1) is 0 Å². The molecule has 0 radical (unpaired) electrons. The van der Waals surface area contributed by atoms with Crippen molar-refractivity contribution < 1.29 is 14.6 Å². The van der Waals surface area contributed by atoms with Gasteiger partial charge < -0.3 is 9.84 Å². The minimum absolute atomic E-state index is 0.0243. The van der Waals surface area contributed by atoms with Crippen LogP contribution >= 0.6 is 0 Å². The van der Waals surface area contributed by atoms with Gasteiger partial charge in [-0.3, -0.25) is 4.79 Å². The average molecular weight is 184 g/mol. The van der Waals surface area contributed by atoms with E-state index in [2.05, 4.69) is 6.92 Å². The van der Waals surface area contributed by atoms with Gasteiger partial charge in [0.15, 0.2) is 0 Å². The van der Waals surface area contributed by atoms with Crippen LogP contribution in [-0.2, 0) is 9.53 Å². The molecule has 13 heavy (non-hydrogen) atoms. The van der Waals surface area contributed by atoms with Crippen molar-refractivity contribution in [3.05, 3.63) is 0 Å². The summed E-state index contributed by atoms with van der Waals surface area (Å²) in [6.07, 6.45) is 2.60. The van der Waals surface area contributed by atoms with E-state index >= 15 is 0 Å². The molecule has 0 amide bonds. The van der Waals surface area contributed by atoms with Gasteiger partial charge in [-0.05, 0) is 18.8 Å². The Morgan fingerprint density at radius 2 is 2.15 bits per heavy atom. The van der Waals surface area contributed by atoms with Gasteiger partial charge in [0.1, 0.15) is 0 Å². The van der Waals surface area contributed by atoms with Crippen LogP contribution in [0.4, 0.5) is 0 Å². The molecule has 0 aromatic carbocycles. The zero-order chi connectivity index (χ0) is 9.64. The second-order valence-corrected chi connectivity index (χ2v) is 4.55. The van der Waals surface area contributed by atoms with Gasteiger partial charge in [-0.25, -0.2) is 0 Å². The molecule has 1 N–H and O–H groups in total. The number of fused-ring (bicyclic) bond motifs is 1. The minimum atomic E-state index is -1.14. The molecule has 2 unspecified atom stereocenters. The quantitative estimate of drug-likeness (QED) is 0.577. The van der Waals surface area contributed by atoms with Crippen molar-refractivity contribution in [3.8, 4) is 0 Å². The Hall–Kier alpha value is -0.570. The predicted octanol–water partition coefficient (Wildman–Crippen LogP) is 1.30. The van der Waals surface area contributed by atoms with Crippen LogP contribution in [0.5, 0.6) is 0 Å². The van der Waals surface area contributed by atoms with Gasteiger partial charge in [-0.2, -0.15) is 0 Å². The SMILES string of the molecule is C[C@@H]1CCC2[C@@H](C)C(=O)OC2(O)C1. The van der Waals surface area contributed by atoms with E-state index in [1.54, 1.807) is 0 Å². The molecule has 2 rings (SSSR count). The summed E-state index contributed by atoms with van der Waals surface area (Å²) in [6.45, 7) is 3.94. The summed E-state index contributed by atoms with van der Waals surface area (Å²) in [5.41, 5.74) is 0. The summed E-state index contributed by atoms with van der Waals surface area (Å²) in [5.74, 6) is -1.02. The molecule has 2 aliphatic rings. The maximum Gasteiger partial charge on any atom is 0.311 e. The molecular weight excluding hydrogens is 168 g/mol. The van der Waals surface area contributed by atoms with E-state index in [0.29, 0.717) is 12.3 Å². The van der Waals surface area contributed by atoms with Gasteiger partial charge >= 0.3 is 5.97 Å². The molecule has 0 aromatic rings. The number of ether oxygens (including phenoxy) is 1. The Balaban J connectivity index is 2.22. The third-order valence-electron chi connectivity index (χ3n) is 3.44. The molecule has 1 aliphatic heterocycles. The highest BCUT2D eigenvalue weighted by Gasteiger charge is 2.54. The second kappa shape index (κ2) is 2.71. The summed E-state index contributed by atoms with van der Waals surface area (Å²) in [7, 11) is 0. The third kappa shape index (κ3) is 1.26. The fraction of sp³-hybridized carbons (Fsp3) is 0.900. The van der Waals surface area contributed by atoms with E-state index in [1.165, 1.54) is 0 Å². The lowest BCUT2D eigenvalue weighted by Gasteiger charge is -2.36. The molecule has 1 saturated heterocycles. The normalized spacial score (nSPS) is 50.1. The molecule has 4 atom stereocenters. The van der Waals surface area contributed by atoms with Crippen molar-refractivity contribution in [1.29, 1.82) is 0 Å². The second-order valence-electron chi connectivity index (χ2n) is 4.55. The topological polar surface area (TPSA) is 46.5 Å². The fourth-order valence-electron chi connectivity index (χ4n) is 2.63. The molecule has 0 bridgehead atoms. The molecule has 2 fully saturated rings. The number of rotatable bonds is 0. The van der Waals surface area contributed by atoms with Gasteiger partial charge in [0.05, 0.1) is 5.92 Å². The highest BCUT2D eigenvalue weighted by molar-refractivity contribution is 5.75. The van der Waals surface area contributed by atoms with Crippen LogP contribution < -0.4 is 0 Å². The van der Waals surface area contributed by atoms with E-state index in [-0.39, 0.29) is 17.8 Å². The lowest BCUT2D eigenvalue weighted by atomic mass is 9.74. The molecule has 1 saturated carbocycles. The Labute approximate surface area is 78.1 Å². The first-order chi connectivity index (χ1) is 6.03. The molecule has 3 nitrogen and oxygen atoms in total. The Morgan fingerprint density at radius 3 is 2.85 bits per heavy atom. The minimum Gasteiger partial charge on any atom is -0.433 e. The predicted molar refractivity (Wildman–Crippen MR) is 46.7 cm³/mol. The monoisotopic (exact) mass is 184 g/mol. The first-order valence-corrected chi connectivity index (χ1v) is 4.98. The largest absolute Gasteiger partial charge is 0.433 e. The van der Waals surface area contributed by atoms with Crippen molar-refractivity contribution in [2.24, 2.45) is 17.8 Å². The highest BCUT2D eigenvalue weighted by atomic mass is 16.7. The first kappa shape index (κ1) is 9.00. The van der Waals surface area contributed by atoms with E-state index < -0.39 is 5.79 Å². The maximum absolute atomic E-state index is 11.3. The summed E-state index contributed by atoms with van der Waals surface area (Å²) in [6, 6.07) is 0. The molecule has 3 heteroatoms. The van der Waals surface area contributed by atoms with Gasteiger partial charge in [0.25, 0.3) is 0 Å². The number of hydrogen-bond donors (Lipinski definition) is 1. The summed E-state index contributed by atoms with van der Waals surface area (Å²) in [5, 5.41) is 10.1. The van der Waals surface area contributed by atoms with Crippen LogP contribution in [0.15, 0.2) is 0 Å². The summed E-state index contributed by atoms with van der Waals surface area (Å²) >= 11 is 0. The molecule has 0 spiro atoms. The van der Waals surface area contributed by atoms with Crippen LogP contribution in [-0.4, -0.2) is 16.9 Å². The van der Waals surface area contributed by atoms with Gasteiger partial charge in [0.2, 0.25) is 5.79 Å². The Morgan fingerprint density at radius 1 is 1.46 bits per heavy atom. The van der Waals surface area contributed by atoms with E-state index in [1.807, 2.05) is 6.92 Å². The Bertz CT molecular complexity index is 238. The van der Waals surface area contributed by atoms with E-state index in [4.69, 9.17) is 4.74 Å². The fourth-order valence-corrected chi connectivity index (χ4v) is 2.63. The van der Waals surface area contributed by atoms with Crippen molar-refractivity contribution in [3.63, 3.8) is 0 Å². The third-order valence-corrected chi connectivity index (χ3v) is 3.44. The van der Waals surface area contributed by atoms with E-state index in [0.717, 1.165) is 12.8 Å². The smallest absolute Gasteiger partial charge is 0.311 e. The van der Waals surface area contributed by atoms with Crippen molar-refractivity contribution in [2.45, 2.75) is 38.9 Å². The zero-order valence-corrected chi connectivity index (χ0v) is 8.12. The van der Waals surface area contributed by atoms with Gasteiger partial charge in [0, 0.05) is 12.3 Å². The Kier molecular flexibility index (Phi) is 1.88. The summed E-state index contributed by atoms with van der Waals surface area (Å²) < 4.78 is 5.05. The van der Waals surface area contributed by atoms with Crippen molar-refractivity contribution >= 4 is 5.97 Å². The number of esters is 1. The van der Waals surface area contributed by atoms with E-state index in [9.17, 15) is 9.90 Å². The number of carbonyl (C=O) groups is 1. The van der Waals surface area contributed by atoms with Gasteiger partial charge in [-0.1, -0.05) is 13.8 Å². The number of aliphatic hydroxyl groups is 1. The lowest BCUT2D eigenvalue weighted by molar-refractivity contribution is -0.217. The number of carbonyl (C=O) groups excluding carboxylic acids is 1. The van der Waals surface area contributed by atoms with Crippen LogP contribution in [0.3, 0.4) is 0 Å². The lowest BCUT2D eigenvalue weighted by Crippen LogP contribution is -2.41. The molecular formula is C10H16O3. The highest BCUT2D eigenvalue weighted by Crippen LogP contribution is 2.46. The molecule has 1 aliphatic carbocycles. The van der Waals surface area contributed by atoms with Crippen molar-refractivity contribution in [2.75, 3.05) is 0 Å². The van der Waals surface area contributed by atoms with Crippen LogP contribution in [0.2, 0.25) is 0 Å². The molecule has 74 valence electrons. The average Bonchev–Trinajstić information content (AvgIpc) is 2.22. The molecule has 1 heterocycles. The van der Waals surface area contributed by atoms with Crippen LogP contribution in [0, 0.1) is 17.8 Å². The molecule has 0 aromatic heterocycles. The number of hydrogen-bond acceptors (Lipinski definition) is 3. The van der Waals surface area contributed by atoms with Crippen LogP contribution in [0.1, 0.15) is 33.1 Å². The van der Waals surface area contributed by atoms with Crippen molar-refractivity contribution in [1.82, 2.24) is 0 Å². The first-order valence-electron chi connectivity index (χ1n) is 4.98.